The lowest BCUT2D eigenvalue weighted by Crippen LogP contribution is -2.20. The maximum atomic E-state index is 11.9. The largest absolute Gasteiger partial charge is 0.484 e. The summed E-state index contributed by atoms with van der Waals surface area (Å²) in [4.78, 5) is 13.0. The van der Waals surface area contributed by atoms with Crippen molar-refractivity contribution >= 4 is 29.0 Å². The second-order valence-electron chi connectivity index (χ2n) is 4.59. The Morgan fingerprint density at radius 1 is 1.24 bits per heavy atom. The zero-order valence-electron chi connectivity index (χ0n) is 12.1. The van der Waals surface area contributed by atoms with Crippen LogP contribution in [0, 0.1) is 6.92 Å². The normalized spacial score (nSPS) is 10.2. The van der Waals surface area contributed by atoms with E-state index in [1.807, 2.05) is 43.5 Å². The smallest absolute Gasteiger partial charge is 0.262 e. The van der Waals surface area contributed by atoms with Crippen molar-refractivity contribution in [3.05, 3.63) is 48.0 Å². The van der Waals surface area contributed by atoms with Crippen LogP contribution in [0.4, 0.5) is 11.4 Å². The van der Waals surface area contributed by atoms with Crippen LogP contribution in [0.2, 0.25) is 0 Å². The molecule has 2 aromatic rings. The van der Waals surface area contributed by atoms with Gasteiger partial charge in [0.05, 0.1) is 0 Å². The number of carbonyl (C=O) groups is 1. The molecular formula is C16H18N2O2S. The average molecular weight is 302 g/mol. The molecule has 0 fully saturated rings. The van der Waals surface area contributed by atoms with Crippen molar-refractivity contribution in [2.45, 2.75) is 11.8 Å². The zero-order chi connectivity index (χ0) is 15.2. The molecule has 0 aliphatic rings. The lowest BCUT2D eigenvalue weighted by molar-refractivity contribution is -0.118. The predicted molar refractivity (Wildman–Crippen MR) is 87.9 cm³/mol. The molecule has 0 aliphatic carbocycles. The van der Waals surface area contributed by atoms with Gasteiger partial charge in [0.15, 0.2) is 6.61 Å². The second-order valence-corrected chi connectivity index (χ2v) is 5.47. The Balaban J connectivity index is 1.91. The number of nitrogen functional groups attached to an aromatic ring is 1. The number of anilines is 2. The van der Waals surface area contributed by atoms with Gasteiger partial charge in [0, 0.05) is 16.3 Å². The van der Waals surface area contributed by atoms with Crippen LogP contribution in [0.5, 0.6) is 5.75 Å². The number of rotatable bonds is 5. The minimum atomic E-state index is -0.211. The second kappa shape index (κ2) is 7.04. The van der Waals surface area contributed by atoms with Crippen LogP contribution in [0.1, 0.15) is 5.56 Å². The summed E-state index contributed by atoms with van der Waals surface area (Å²) in [5, 5.41) is 2.80. The van der Waals surface area contributed by atoms with Gasteiger partial charge in [-0.1, -0.05) is 6.07 Å². The predicted octanol–water partition coefficient (Wildman–Crippen LogP) is 3.32. The van der Waals surface area contributed by atoms with Gasteiger partial charge >= 0.3 is 0 Å². The van der Waals surface area contributed by atoms with Crippen molar-refractivity contribution in [1.29, 1.82) is 0 Å². The number of nitrogens with one attached hydrogen (secondary N) is 1. The van der Waals surface area contributed by atoms with Crippen LogP contribution in [-0.4, -0.2) is 18.8 Å². The first-order chi connectivity index (χ1) is 10.1. The zero-order valence-corrected chi connectivity index (χ0v) is 12.9. The summed E-state index contributed by atoms with van der Waals surface area (Å²) < 4.78 is 5.46. The van der Waals surface area contributed by atoms with Gasteiger partial charge < -0.3 is 15.8 Å². The third-order valence-electron chi connectivity index (χ3n) is 2.97. The Bertz CT molecular complexity index is 627. The summed E-state index contributed by atoms with van der Waals surface area (Å²) >= 11 is 1.66. The molecule has 0 saturated heterocycles. The Morgan fingerprint density at radius 3 is 2.62 bits per heavy atom. The van der Waals surface area contributed by atoms with Crippen LogP contribution >= 0.6 is 11.8 Å². The van der Waals surface area contributed by atoms with Gasteiger partial charge in [0.25, 0.3) is 5.91 Å². The van der Waals surface area contributed by atoms with Crippen molar-refractivity contribution in [3.8, 4) is 5.75 Å². The highest BCUT2D eigenvalue weighted by atomic mass is 32.2. The van der Waals surface area contributed by atoms with Gasteiger partial charge in [0.1, 0.15) is 5.75 Å². The SMILES string of the molecule is CSc1ccc(OCC(=O)Nc2cc(N)ccc2C)cc1. The summed E-state index contributed by atoms with van der Waals surface area (Å²) in [5.41, 5.74) is 8.00. The number of carbonyl (C=O) groups excluding carboxylic acids is 1. The van der Waals surface area contributed by atoms with E-state index in [1.165, 1.54) is 0 Å². The minimum absolute atomic E-state index is 0.0349. The van der Waals surface area contributed by atoms with Gasteiger partial charge in [0.2, 0.25) is 0 Å². The van der Waals surface area contributed by atoms with Crippen molar-refractivity contribution < 1.29 is 9.53 Å². The molecule has 0 radical (unpaired) electrons. The molecule has 5 heteroatoms. The van der Waals surface area contributed by atoms with Gasteiger partial charge in [-0.25, -0.2) is 0 Å². The molecule has 1 amide bonds. The van der Waals surface area contributed by atoms with E-state index in [2.05, 4.69) is 5.32 Å². The van der Waals surface area contributed by atoms with E-state index < -0.39 is 0 Å². The Morgan fingerprint density at radius 2 is 1.95 bits per heavy atom. The summed E-state index contributed by atoms with van der Waals surface area (Å²) in [6.07, 6.45) is 2.01. The van der Waals surface area contributed by atoms with Crippen molar-refractivity contribution in [2.24, 2.45) is 0 Å². The lowest BCUT2D eigenvalue weighted by atomic mass is 10.2. The van der Waals surface area contributed by atoms with Crippen molar-refractivity contribution in [3.63, 3.8) is 0 Å². The van der Waals surface area contributed by atoms with Crippen LogP contribution in [0.3, 0.4) is 0 Å². The van der Waals surface area contributed by atoms with E-state index in [4.69, 9.17) is 10.5 Å². The highest BCUT2D eigenvalue weighted by Gasteiger charge is 2.06. The first-order valence-electron chi connectivity index (χ1n) is 6.51. The molecule has 2 aromatic carbocycles. The summed E-state index contributed by atoms with van der Waals surface area (Å²) in [5.74, 6) is 0.463. The van der Waals surface area contributed by atoms with Gasteiger partial charge in [-0.2, -0.15) is 0 Å². The first kappa shape index (κ1) is 15.3. The molecule has 0 heterocycles. The van der Waals surface area contributed by atoms with Crippen molar-refractivity contribution in [1.82, 2.24) is 0 Å². The highest BCUT2D eigenvalue weighted by Crippen LogP contribution is 2.20. The number of hydrogen-bond acceptors (Lipinski definition) is 4. The van der Waals surface area contributed by atoms with Crippen molar-refractivity contribution in [2.75, 3.05) is 23.9 Å². The van der Waals surface area contributed by atoms with E-state index in [9.17, 15) is 4.79 Å². The maximum Gasteiger partial charge on any atom is 0.262 e. The number of thioether (sulfide) groups is 1. The topological polar surface area (TPSA) is 64.3 Å². The highest BCUT2D eigenvalue weighted by molar-refractivity contribution is 7.98. The molecule has 0 spiro atoms. The third-order valence-corrected chi connectivity index (χ3v) is 3.71. The van der Waals surface area contributed by atoms with Gasteiger partial charge in [-0.15, -0.1) is 11.8 Å². The number of hydrogen-bond donors (Lipinski definition) is 2. The Hall–Kier alpha value is -2.14. The standard InChI is InChI=1S/C16H18N2O2S/c1-11-3-4-12(17)9-15(11)18-16(19)10-20-13-5-7-14(21-2)8-6-13/h3-9H,10,17H2,1-2H3,(H,18,19). The Kier molecular flexibility index (Phi) is 5.11. The number of nitrogens with two attached hydrogens (primary N) is 1. The van der Waals surface area contributed by atoms with Crippen LogP contribution in [-0.2, 0) is 4.79 Å². The molecule has 3 N–H and O–H groups in total. The molecule has 0 unspecified atom stereocenters. The number of aryl methyl sites for hydroxylation is 1. The van der Waals surface area contributed by atoms with E-state index in [0.29, 0.717) is 17.1 Å². The fourth-order valence-corrected chi connectivity index (χ4v) is 2.19. The average Bonchev–Trinajstić information content (AvgIpc) is 2.49. The first-order valence-corrected chi connectivity index (χ1v) is 7.74. The Labute approximate surface area is 128 Å². The number of benzene rings is 2. The van der Waals surface area contributed by atoms with E-state index in [0.717, 1.165) is 10.5 Å². The summed E-state index contributed by atoms with van der Waals surface area (Å²) in [7, 11) is 0. The van der Waals surface area contributed by atoms with E-state index in [-0.39, 0.29) is 12.5 Å². The molecule has 0 bridgehead atoms. The minimum Gasteiger partial charge on any atom is -0.484 e. The van der Waals surface area contributed by atoms with Gasteiger partial charge in [-0.05, 0) is 55.1 Å². The third kappa shape index (κ3) is 4.43. The van der Waals surface area contributed by atoms with E-state index in [1.54, 1.807) is 23.9 Å². The molecule has 4 nitrogen and oxygen atoms in total. The van der Waals surface area contributed by atoms with Gasteiger partial charge in [-0.3, -0.25) is 4.79 Å². The molecule has 0 atom stereocenters. The van der Waals surface area contributed by atoms with Crippen LogP contribution in [0.25, 0.3) is 0 Å². The molecule has 0 saturated carbocycles. The fraction of sp³-hybridized carbons (Fsp3) is 0.188. The summed E-state index contributed by atoms with van der Waals surface area (Å²) in [6, 6.07) is 13.0. The molecule has 2 rings (SSSR count). The monoisotopic (exact) mass is 302 g/mol. The van der Waals surface area contributed by atoms with E-state index >= 15 is 0 Å². The van der Waals surface area contributed by atoms with Crippen LogP contribution < -0.4 is 15.8 Å². The maximum absolute atomic E-state index is 11.9. The molecule has 21 heavy (non-hydrogen) atoms. The molecule has 0 aromatic heterocycles. The molecule has 110 valence electrons. The molecular weight excluding hydrogens is 284 g/mol. The number of ether oxygens (including phenoxy) is 1. The lowest BCUT2D eigenvalue weighted by Gasteiger charge is -2.10. The molecule has 0 aliphatic heterocycles. The summed E-state index contributed by atoms with van der Waals surface area (Å²) in [6.45, 7) is 1.88. The van der Waals surface area contributed by atoms with Crippen LogP contribution in [0.15, 0.2) is 47.4 Å². The fourth-order valence-electron chi connectivity index (χ4n) is 1.78. The number of amides is 1. The quantitative estimate of drug-likeness (QED) is 0.657.